The Hall–Kier alpha value is -5.15. The Balaban J connectivity index is 1.54. The van der Waals surface area contributed by atoms with E-state index in [1.54, 1.807) is 25.3 Å². The van der Waals surface area contributed by atoms with E-state index in [0.29, 0.717) is 23.5 Å². The van der Waals surface area contributed by atoms with Crippen LogP contribution < -0.4 is 0 Å². The first-order valence-electron chi connectivity index (χ1n) is 12.7. The number of carbonyl (C=O) groups is 1. The summed E-state index contributed by atoms with van der Waals surface area (Å²) in [6, 6.07) is 31.2. The van der Waals surface area contributed by atoms with Gasteiger partial charge in [0, 0.05) is 40.0 Å². The molecule has 0 saturated heterocycles. The van der Waals surface area contributed by atoms with Crippen LogP contribution in [-0.2, 0) is 4.74 Å². The van der Waals surface area contributed by atoms with Crippen LogP contribution >= 0.6 is 0 Å². The maximum Gasteiger partial charge on any atom is 0.338 e. The molecular formula is C33H27N3O3. The molecular weight excluding hydrogens is 486 g/mol. The minimum absolute atomic E-state index is 0.263. The van der Waals surface area contributed by atoms with E-state index in [4.69, 9.17) is 9.15 Å². The van der Waals surface area contributed by atoms with Crippen LogP contribution in [0.2, 0.25) is 0 Å². The van der Waals surface area contributed by atoms with Crippen molar-refractivity contribution >= 4 is 18.1 Å². The SMILES string of the molecule is CCOC(=O)c1ccc(-n2c(C)cc(C=Nc3oc(-c4ccccc4)c(-c4ccccc4)c3C#N)c2C)cc1. The van der Waals surface area contributed by atoms with Gasteiger partial charge in [-0.3, -0.25) is 0 Å². The number of hydrogen-bond donors (Lipinski definition) is 0. The smallest absolute Gasteiger partial charge is 0.338 e. The molecule has 3 aromatic carbocycles. The molecule has 5 rings (SSSR count). The fourth-order valence-electron chi connectivity index (χ4n) is 4.69. The van der Waals surface area contributed by atoms with Gasteiger partial charge < -0.3 is 13.7 Å². The van der Waals surface area contributed by atoms with Crippen LogP contribution in [0.25, 0.3) is 28.1 Å². The van der Waals surface area contributed by atoms with Crippen LogP contribution in [0.15, 0.2) is 100 Å². The van der Waals surface area contributed by atoms with E-state index in [2.05, 4.69) is 15.6 Å². The van der Waals surface area contributed by atoms with Crippen LogP contribution in [0.4, 0.5) is 5.88 Å². The molecule has 6 heteroatoms. The van der Waals surface area contributed by atoms with E-state index in [9.17, 15) is 10.1 Å². The maximum absolute atomic E-state index is 12.0. The van der Waals surface area contributed by atoms with Gasteiger partial charge in [0.25, 0.3) is 0 Å². The predicted molar refractivity (Wildman–Crippen MR) is 153 cm³/mol. The molecule has 0 aliphatic heterocycles. The number of rotatable bonds is 7. The van der Waals surface area contributed by atoms with Crippen molar-refractivity contribution in [2.45, 2.75) is 20.8 Å². The Kier molecular flexibility index (Phi) is 7.24. The highest BCUT2D eigenvalue weighted by Gasteiger charge is 2.22. The van der Waals surface area contributed by atoms with Gasteiger partial charge in [-0.05, 0) is 56.7 Å². The van der Waals surface area contributed by atoms with Gasteiger partial charge in [0.1, 0.15) is 17.4 Å². The van der Waals surface area contributed by atoms with Gasteiger partial charge in [0.05, 0.1) is 12.2 Å². The summed E-state index contributed by atoms with van der Waals surface area (Å²) in [4.78, 5) is 16.7. The average molecular weight is 514 g/mol. The summed E-state index contributed by atoms with van der Waals surface area (Å²) in [5.74, 6) is 0.533. The number of furan rings is 1. The van der Waals surface area contributed by atoms with Crippen LogP contribution in [0.1, 0.15) is 39.8 Å². The van der Waals surface area contributed by atoms with Crippen molar-refractivity contribution in [3.05, 3.63) is 119 Å². The molecule has 0 radical (unpaired) electrons. The molecule has 0 bridgehead atoms. The lowest BCUT2D eigenvalue weighted by atomic mass is 9.98. The second-order valence-electron chi connectivity index (χ2n) is 9.02. The first-order chi connectivity index (χ1) is 19.0. The van der Waals surface area contributed by atoms with E-state index in [1.807, 2.05) is 92.7 Å². The van der Waals surface area contributed by atoms with Crippen LogP contribution in [-0.4, -0.2) is 23.4 Å². The fourth-order valence-corrected chi connectivity index (χ4v) is 4.69. The van der Waals surface area contributed by atoms with Crippen LogP contribution in [0.5, 0.6) is 0 Å². The summed E-state index contributed by atoms with van der Waals surface area (Å²) in [5, 5.41) is 10.1. The monoisotopic (exact) mass is 513 g/mol. The molecule has 0 aliphatic rings. The van der Waals surface area contributed by atoms with Crippen molar-refractivity contribution in [1.82, 2.24) is 4.57 Å². The summed E-state index contributed by atoms with van der Waals surface area (Å²) in [6.45, 7) is 6.14. The summed E-state index contributed by atoms with van der Waals surface area (Å²) in [6.07, 6.45) is 1.73. The third-order valence-electron chi connectivity index (χ3n) is 6.53. The van der Waals surface area contributed by atoms with Crippen LogP contribution in [0, 0.1) is 25.2 Å². The topological polar surface area (TPSA) is 80.5 Å². The lowest BCUT2D eigenvalue weighted by Gasteiger charge is -2.10. The highest BCUT2D eigenvalue weighted by atomic mass is 16.5. The lowest BCUT2D eigenvalue weighted by molar-refractivity contribution is 0.0526. The molecule has 39 heavy (non-hydrogen) atoms. The number of benzene rings is 3. The normalized spacial score (nSPS) is 11.0. The Morgan fingerprint density at radius 1 is 0.974 bits per heavy atom. The summed E-state index contributed by atoms with van der Waals surface area (Å²) in [5.41, 5.74) is 7.18. The average Bonchev–Trinajstić information content (AvgIpc) is 3.48. The van der Waals surface area contributed by atoms with E-state index in [1.165, 1.54) is 0 Å². The van der Waals surface area contributed by atoms with Crippen molar-refractivity contribution in [3.8, 4) is 34.2 Å². The summed E-state index contributed by atoms with van der Waals surface area (Å²) in [7, 11) is 0. The zero-order valence-electron chi connectivity index (χ0n) is 22.0. The molecule has 0 unspecified atom stereocenters. The number of hydrogen-bond acceptors (Lipinski definition) is 5. The van der Waals surface area contributed by atoms with Crippen molar-refractivity contribution < 1.29 is 13.9 Å². The van der Waals surface area contributed by atoms with Crippen molar-refractivity contribution in [2.75, 3.05) is 6.61 Å². The van der Waals surface area contributed by atoms with E-state index < -0.39 is 0 Å². The van der Waals surface area contributed by atoms with Crippen molar-refractivity contribution in [3.63, 3.8) is 0 Å². The van der Waals surface area contributed by atoms with E-state index in [0.717, 1.165) is 39.3 Å². The molecule has 0 fully saturated rings. The first kappa shape index (κ1) is 25.5. The van der Waals surface area contributed by atoms with Gasteiger partial charge in [0.2, 0.25) is 5.88 Å². The Morgan fingerprint density at radius 3 is 2.23 bits per heavy atom. The molecule has 0 N–H and O–H groups in total. The van der Waals surface area contributed by atoms with E-state index >= 15 is 0 Å². The highest BCUT2D eigenvalue weighted by Crippen LogP contribution is 2.42. The molecule has 0 aliphatic carbocycles. The van der Waals surface area contributed by atoms with Gasteiger partial charge in [-0.15, -0.1) is 0 Å². The van der Waals surface area contributed by atoms with Gasteiger partial charge in [0.15, 0.2) is 0 Å². The molecule has 0 amide bonds. The van der Waals surface area contributed by atoms with E-state index in [-0.39, 0.29) is 11.9 Å². The number of aryl methyl sites for hydroxylation is 1. The van der Waals surface area contributed by atoms with Gasteiger partial charge in [-0.1, -0.05) is 60.7 Å². The predicted octanol–water partition coefficient (Wildman–Crippen LogP) is 7.82. The van der Waals surface area contributed by atoms with Gasteiger partial charge in [-0.25, -0.2) is 9.79 Å². The number of carbonyl (C=O) groups excluding carboxylic acids is 1. The molecule has 5 aromatic rings. The zero-order chi connectivity index (χ0) is 27.4. The number of ether oxygens (including phenoxy) is 1. The fraction of sp³-hybridized carbons (Fsp3) is 0.121. The van der Waals surface area contributed by atoms with Gasteiger partial charge in [-0.2, -0.15) is 5.26 Å². The van der Waals surface area contributed by atoms with Crippen molar-refractivity contribution in [1.29, 1.82) is 5.26 Å². The number of nitrogens with zero attached hydrogens (tertiary/aromatic N) is 3. The number of aromatic nitrogens is 1. The Labute approximate surface area is 227 Å². The number of aliphatic imine (C=N–C) groups is 1. The third-order valence-corrected chi connectivity index (χ3v) is 6.53. The molecule has 6 nitrogen and oxygen atoms in total. The minimum atomic E-state index is -0.339. The van der Waals surface area contributed by atoms with Gasteiger partial charge >= 0.3 is 5.97 Å². The molecule has 0 spiro atoms. The van der Waals surface area contributed by atoms with Crippen molar-refractivity contribution in [2.24, 2.45) is 4.99 Å². The first-order valence-corrected chi connectivity index (χ1v) is 12.7. The zero-order valence-corrected chi connectivity index (χ0v) is 22.0. The lowest BCUT2D eigenvalue weighted by Crippen LogP contribution is -2.05. The number of nitriles is 1. The third kappa shape index (κ3) is 5.03. The quantitative estimate of drug-likeness (QED) is 0.164. The molecule has 192 valence electrons. The second-order valence-corrected chi connectivity index (χ2v) is 9.02. The number of esters is 1. The summed E-state index contributed by atoms with van der Waals surface area (Å²) < 4.78 is 13.4. The molecule has 0 saturated carbocycles. The summed E-state index contributed by atoms with van der Waals surface area (Å²) >= 11 is 0. The van der Waals surface area contributed by atoms with Crippen LogP contribution in [0.3, 0.4) is 0 Å². The Bertz CT molecular complexity index is 1690. The molecule has 2 aromatic heterocycles. The molecule has 2 heterocycles. The maximum atomic E-state index is 12.0. The Morgan fingerprint density at radius 2 is 1.62 bits per heavy atom. The highest BCUT2D eigenvalue weighted by molar-refractivity contribution is 5.91. The largest absolute Gasteiger partial charge is 0.462 e. The second kappa shape index (κ2) is 11.1. The minimum Gasteiger partial charge on any atom is -0.462 e. The standard InChI is InChI=1S/C33H27N3O3/c1-4-38-33(37)26-15-17-28(18-16-26)36-22(2)19-27(23(36)3)21-35-32-29(20-34)30(24-11-7-5-8-12-24)31(39-32)25-13-9-6-10-14-25/h5-19,21H,4H2,1-3H3. The molecule has 0 atom stereocenters.